The van der Waals surface area contributed by atoms with Crippen LogP contribution in [-0.2, 0) is 4.74 Å². The Bertz CT molecular complexity index is 530. The zero-order chi connectivity index (χ0) is 14.1. The fraction of sp³-hybridized carbons (Fsp3) is 0.417. The molecule has 3 N–H and O–H groups in total. The van der Waals surface area contributed by atoms with Gasteiger partial charge in [0.15, 0.2) is 0 Å². The third kappa shape index (κ3) is 2.61. The van der Waals surface area contributed by atoms with Gasteiger partial charge in [-0.15, -0.1) is 17.7 Å². The van der Waals surface area contributed by atoms with Gasteiger partial charge in [0.1, 0.15) is 0 Å². The highest BCUT2D eigenvalue weighted by atomic mass is 35.5. The number of halogens is 1. The molecule has 1 aliphatic carbocycles. The summed E-state index contributed by atoms with van der Waals surface area (Å²) in [6.07, 6.45) is 7.01. The summed E-state index contributed by atoms with van der Waals surface area (Å²) in [7, 11) is 0. The number of hydrazone groups is 1. The Morgan fingerprint density at radius 1 is 1.70 bits per heavy atom. The number of ether oxygens (including phenoxy) is 1. The molecule has 2 unspecified atom stereocenters. The van der Waals surface area contributed by atoms with Gasteiger partial charge in [-0.2, -0.15) is 0 Å². The minimum absolute atomic E-state index is 0.296. The zero-order valence-corrected chi connectivity index (χ0v) is 12.6. The second kappa shape index (κ2) is 5.59. The number of quaternary nitrogens is 1. The Hall–Kier alpha value is -1.31. The molecule has 0 radical (unpaired) electrons. The average molecular weight is 314 g/mol. The molecule has 2 atom stereocenters. The van der Waals surface area contributed by atoms with E-state index in [1.807, 2.05) is 19.1 Å². The van der Waals surface area contributed by atoms with E-state index in [9.17, 15) is 0 Å². The second-order valence-electron chi connectivity index (χ2n) is 4.76. The number of hydrogen-bond donors (Lipinski definition) is 3. The molecule has 2 aliphatic heterocycles. The number of nitrogens with two attached hydrogens (primary N) is 1. The molecular weight excluding hydrogens is 298 g/mol. The molecule has 2 heterocycles. The first kappa shape index (κ1) is 13.7. The quantitative estimate of drug-likeness (QED) is 0.541. The maximum atomic E-state index is 6.25. The third-order valence-electron chi connectivity index (χ3n) is 3.42. The van der Waals surface area contributed by atoms with Crippen LogP contribution in [-0.4, -0.2) is 23.0 Å². The lowest BCUT2D eigenvalue weighted by atomic mass is 10.0. The summed E-state index contributed by atoms with van der Waals surface area (Å²) in [6, 6.07) is 0. The van der Waals surface area contributed by atoms with Crippen LogP contribution in [0.15, 0.2) is 39.8 Å². The molecule has 3 aliphatic rings. The summed E-state index contributed by atoms with van der Waals surface area (Å²) >= 11 is 10.4. The molecule has 108 valence electrons. The van der Waals surface area contributed by atoms with E-state index in [1.54, 1.807) is 5.53 Å². The van der Waals surface area contributed by atoms with Gasteiger partial charge >= 0.3 is 0 Å². The molecule has 0 aromatic heterocycles. The average Bonchev–Trinajstić information content (AvgIpc) is 3.00. The fourth-order valence-corrected chi connectivity index (χ4v) is 2.66. The highest BCUT2D eigenvalue weighted by molar-refractivity contribution is 7.80. The summed E-state index contributed by atoms with van der Waals surface area (Å²) in [4.78, 5) is 0. The topological polar surface area (TPSA) is 67.6 Å². The molecule has 8 heteroatoms. The summed E-state index contributed by atoms with van der Waals surface area (Å²) in [5.74, 6) is 0.774. The van der Waals surface area contributed by atoms with Gasteiger partial charge in [0, 0.05) is 11.0 Å². The lowest BCUT2D eigenvalue weighted by Gasteiger charge is -2.25. The van der Waals surface area contributed by atoms with Crippen molar-refractivity contribution in [1.29, 1.82) is 0 Å². The van der Waals surface area contributed by atoms with Crippen LogP contribution in [0.5, 0.6) is 0 Å². The van der Waals surface area contributed by atoms with Crippen LogP contribution in [0.4, 0.5) is 0 Å². The predicted octanol–water partition coefficient (Wildman–Crippen LogP) is 1.15. The van der Waals surface area contributed by atoms with Gasteiger partial charge < -0.3 is 10.2 Å². The van der Waals surface area contributed by atoms with Crippen LogP contribution in [0.1, 0.15) is 13.3 Å². The molecule has 0 aromatic rings. The van der Waals surface area contributed by atoms with Crippen molar-refractivity contribution in [2.45, 2.75) is 18.9 Å². The lowest BCUT2D eigenvalue weighted by Crippen LogP contribution is -2.86. The highest BCUT2D eigenvalue weighted by Crippen LogP contribution is 2.27. The normalized spacial score (nSPS) is 28.9. The Morgan fingerprint density at radius 3 is 3.25 bits per heavy atom. The van der Waals surface area contributed by atoms with E-state index in [0.29, 0.717) is 11.8 Å². The summed E-state index contributed by atoms with van der Waals surface area (Å²) in [5.41, 5.74) is 10.2. The molecule has 0 amide bonds. The van der Waals surface area contributed by atoms with Crippen LogP contribution in [0.2, 0.25) is 0 Å². The summed E-state index contributed by atoms with van der Waals surface area (Å²) < 4.78 is 5.43. The molecule has 0 saturated heterocycles. The van der Waals surface area contributed by atoms with Crippen molar-refractivity contribution in [2.24, 2.45) is 11.0 Å². The smallest absolute Gasteiger partial charge is 0.232 e. The first-order valence-corrected chi connectivity index (χ1v) is 7.27. The predicted molar refractivity (Wildman–Crippen MR) is 80.3 cm³/mol. The molecule has 0 bridgehead atoms. The largest absolute Gasteiger partial charge is 0.457 e. The van der Waals surface area contributed by atoms with Crippen LogP contribution in [0.3, 0.4) is 0 Å². The van der Waals surface area contributed by atoms with E-state index in [2.05, 4.69) is 39.7 Å². The molecule has 0 saturated carbocycles. The Balaban J connectivity index is 1.69. The molecule has 3 rings (SSSR count). The van der Waals surface area contributed by atoms with E-state index in [1.165, 1.54) is 0 Å². The first-order chi connectivity index (χ1) is 9.65. The number of nitrogens with zero attached hydrogens (tertiary/aromatic N) is 3. The van der Waals surface area contributed by atoms with Crippen LogP contribution >= 0.6 is 24.2 Å². The molecule has 20 heavy (non-hydrogen) atoms. The zero-order valence-electron chi connectivity index (χ0n) is 11.0. The molecule has 6 nitrogen and oxygen atoms in total. The Morgan fingerprint density at radius 2 is 2.55 bits per heavy atom. The van der Waals surface area contributed by atoms with Crippen LogP contribution in [0, 0.1) is 5.92 Å². The lowest BCUT2D eigenvalue weighted by molar-refractivity contribution is -0.747. The standard InChI is InChI=1S/C12H16ClN5OS/c1-7-10(11-15-16-12(20)19-11)14-17-18(7)6-8-4-2-3-5-9(8)13/h2-3,5,8,12,16,20H,4,6,17H2,1H3. The molecule has 0 spiro atoms. The summed E-state index contributed by atoms with van der Waals surface area (Å²) in [6.45, 7) is 2.79. The minimum atomic E-state index is -0.407. The van der Waals surface area contributed by atoms with Crippen molar-refractivity contribution in [3.05, 3.63) is 40.1 Å². The Kier molecular flexibility index (Phi) is 3.82. The first-order valence-electron chi connectivity index (χ1n) is 6.37. The van der Waals surface area contributed by atoms with Gasteiger partial charge in [-0.1, -0.05) is 23.8 Å². The molecule has 0 fully saturated rings. The number of hydrogen-bond acceptors (Lipinski definition) is 5. The van der Waals surface area contributed by atoms with E-state index in [-0.39, 0.29) is 0 Å². The van der Waals surface area contributed by atoms with Crippen LogP contribution in [0.25, 0.3) is 5.43 Å². The van der Waals surface area contributed by atoms with Gasteiger partial charge in [-0.05, 0) is 25.1 Å². The second-order valence-corrected chi connectivity index (χ2v) is 5.66. The van der Waals surface area contributed by atoms with Crippen LogP contribution < -0.4 is 11.0 Å². The fourth-order valence-electron chi connectivity index (χ4n) is 2.27. The van der Waals surface area contributed by atoms with E-state index >= 15 is 0 Å². The van der Waals surface area contributed by atoms with Crippen molar-refractivity contribution in [3.63, 3.8) is 0 Å². The van der Waals surface area contributed by atoms with Gasteiger partial charge in [-0.3, -0.25) is 11.0 Å². The van der Waals surface area contributed by atoms with Gasteiger partial charge in [0.25, 0.3) is 0 Å². The van der Waals surface area contributed by atoms with Gasteiger partial charge in [-0.25, -0.2) is 5.01 Å². The molecule has 0 aromatic carbocycles. The number of nitrogens with one attached hydrogen (secondary N) is 1. The SMILES string of the molecule is CC1=C(C2=NNC(S)O2)[N-][NH2+]N1CC1CC=CC=C1Cl. The van der Waals surface area contributed by atoms with Gasteiger partial charge in [0.05, 0.1) is 12.2 Å². The highest BCUT2D eigenvalue weighted by Gasteiger charge is 2.26. The van der Waals surface area contributed by atoms with E-state index < -0.39 is 5.56 Å². The van der Waals surface area contributed by atoms with Crippen molar-refractivity contribution in [2.75, 3.05) is 6.54 Å². The number of rotatable bonds is 3. The Labute approximate surface area is 127 Å². The van der Waals surface area contributed by atoms with E-state index in [0.717, 1.165) is 29.4 Å². The van der Waals surface area contributed by atoms with Crippen molar-refractivity contribution in [3.8, 4) is 0 Å². The van der Waals surface area contributed by atoms with Crippen molar-refractivity contribution >= 4 is 30.1 Å². The maximum Gasteiger partial charge on any atom is 0.232 e. The monoisotopic (exact) mass is 313 g/mol. The summed E-state index contributed by atoms with van der Waals surface area (Å²) in [5, 5.41) is 7.03. The van der Waals surface area contributed by atoms with E-state index in [4.69, 9.17) is 16.3 Å². The maximum absolute atomic E-state index is 6.25. The third-order valence-corrected chi connectivity index (χ3v) is 4.08. The van der Waals surface area contributed by atoms with Gasteiger partial charge in [0.2, 0.25) is 11.5 Å². The van der Waals surface area contributed by atoms with Crippen molar-refractivity contribution in [1.82, 2.24) is 10.4 Å². The minimum Gasteiger partial charge on any atom is -0.457 e. The van der Waals surface area contributed by atoms with Crippen molar-refractivity contribution < 1.29 is 10.3 Å². The number of allylic oxidation sites excluding steroid dienone is 4. The molecular formula is C12H16ClN5OS. The number of thiol groups is 1.